The van der Waals surface area contributed by atoms with E-state index in [-0.39, 0.29) is 5.56 Å². The number of carbonyl (C=O) groups excluding carboxylic acids is 1. The largest absolute Gasteiger partial charge is 0.478 e. The molecule has 2 rings (SSSR count). The number of thiophene rings is 2. The van der Waals surface area contributed by atoms with E-state index in [0.29, 0.717) is 16.3 Å². The maximum Gasteiger partial charge on any atom is 0.338 e. The highest BCUT2D eigenvalue weighted by Gasteiger charge is 2.20. The van der Waals surface area contributed by atoms with Crippen molar-refractivity contribution in [3.8, 4) is 0 Å². The van der Waals surface area contributed by atoms with E-state index in [2.05, 4.69) is 10.6 Å². The lowest BCUT2D eigenvalue weighted by molar-refractivity contribution is 0.0697. The van der Waals surface area contributed by atoms with Crippen molar-refractivity contribution in [1.82, 2.24) is 0 Å². The predicted molar refractivity (Wildman–Crippen MR) is 77.7 cm³/mol. The van der Waals surface area contributed by atoms with Gasteiger partial charge in [-0.15, -0.1) is 11.3 Å². The van der Waals surface area contributed by atoms with E-state index < -0.39 is 12.0 Å². The number of aryl methyl sites for hydroxylation is 1. The number of rotatable bonds is 3. The number of hydrogen-bond donors (Lipinski definition) is 3. The summed E-state index contributed by atoms with van der Waals surface area (Å²) in [5.41, 5.74) is 1.52. The molecule has 0 aliphatic rings. The first-order valence-corrected chi connectivity index (χ1v) is 7.18. The lowest BCUT2D eigenvalue weighted by atomic mass is 10.1. The first-order chi connectivity index (χ1) is 8.99. The summed E-state index contributed by atoms with van der Waals surface area (Å²) in [5, 5.41) is 18.4. The minimum atomic E-state index is -1.03. The van der Waals surface area contributed by atoms with Crippen LogP contribution < -0.4 is 10.6 Å². The third-order valence-electron chi connectivity index (χ3n) is 2.61. The SMILES string of the molecule is Cc1sc(NC(=O)Nc2ccsc2)c(C(=O)O)c1C. The molecule has 0 saturated carbocycles. The molecular weight excluding hydrogens is 284 g/mol. The standard InChI is InChI=1S/C12H12N2O3S2/c1-6-7(2)19-10(9(6)11(15)16)14-12(17)13-8-3-4-18-5-8/h3-5H,1-2H3,(H,15,16)(H2,13,14,17). The van der Waals surface area contributed by atoms with E-state index in [1.54, 1.807) is 18.4 Å². The number of carboxylic acid groups (broad SMARTS) is 1. The van der Waals surface area contributed by atoms with Crippen LogP contribution in [0.2, 0.25) is 0 Å². The molecular formula is C12H12N2O3S2. The molecule has 2 amide bonds. The first-order valence-electron chi connectivity index (χ1n) is 5.42. The summed E-state index contributed by atoms with van der Waals surface area (Å²) >= 11 is 2.73. The van der Waals surface area contributed by atoms with Crippen LogP contribution in [0.1, 0.15) is 20.8 Å². The number of amides is 2. The molecule has 0 bridgehead atoms. The zero-order valence-electron chi connectivity index (χ0n) is 10.3. The number of hydrogen-bond acceptors (Lipinski definition) is 4. The van der Waals surface area contributed by atoms with Gasteiger partial charge >= 0.3 is 12.0 Å². The van der Waals surface area contributed by atoms with Crippen molar-refractivity contribution in [3.63, 3.8) is 0 Å². The van der Waals surface area contributed by atoms with Gasteiger partial charge in [-0.3, -0.25) is 5.32 Å². The molecule has 3 N–H and O–H groups in total. The van der Waals surface area contributed by atoms with Crippen molar-refractivity contribution < 1.29 is 14.7 Å². The molecule has 2 aromatic heterocycles. The number of carboxylic acids is 1. The third kappa shape index (κ3) is 2.94. The van der Waals surface area contributed by atoms with Gasteiger partial charge in [0.2, 0.25) is 0 Å². The molecule has 100 valence electrons. The summed E-state index contributed by atoms with van der Waals surface area (Å²) in [6.45, 7) is 3.56. The van der Waals surface area contributed by atoms with Crippen molar-refractivity contribution in [2.24, 2.45) is 0 Å². The van der Waals surface area contributed by atoms with Crippen molar-refractivity contribution in [1.29, 1.82) is 0 Å². The lowest BCUT2D eigenvalue weighted by Crippen LogP contribution is -2.19. The van der Waals surface area contributed by atoms with E-state index in [1.807, 2.05) is 12.3 Å². The van der Waals surface area contributed by atoms with E-state index >= 15 is 0 Å². The Morgan fingerprint density at radius 1 is 1.26 bits per heavy atom. The maximum atomic E-state index is 11.8. The second-order valence-corrected chi connectivity index (χ2v) is 5.89. The number of nitrogens with one attached hydrogen (secondary N) is 2. The van der Waals surface area contributed by atoms with Crippen molar-refractivity contribution in [3.05, 3.63) is 32.8 Å². The fourth-order valence-electron chi connectivity index (χ4n) is 1.57. The van der Waals surface area contributed by atoms with Crippen LogP contribution in [0.15, 0.2) is 16.8 Å². The Kier molecular flexibility index (Phi) is 3.87. The first kappa shape index (κ1) is 13.6. The Morgan fingerprint density at radius 3 is 2.58 bits per heavy atom. The van der Waals surface area contributed by atoms with Crippen LogP contribution >= 0.6 is 22.7 Å². The van der Waals surface area contributed by atoms with Gasteiger partial charge in [0.25, 0.3) is 0 Å². The molecule has 0 fully saturated rings. The molecule has 5 nitrogen and oxygen atoms in total. The van der Waals surface area contributed by atoms with Gasteiger partial charge in [0.05, 0.1) is 11.3 Å². The van der Waals surface area contributed by atoms with Crippen LogP contribution in [0.4, 0.5) is 15.5 Å². The Hall–Kier alpha value is -1.86. The fraction of sp³-hybridized carbons (Fsp3) is 0.167. The van der Waals surface area contributed by atoms with Gasteiger partial charge in [-0.1, -0.05) is 0 Å². The normalized spacial score (nSPS) is 10.2. The number of urea groups is 1. The Balaban J connectivity index is 2.17. The van der Waals surface area contributed by atoms with E-state index in [1.165, 1.54) is 22.7 Å². The summed E-state index contributed by atoms with van der Waals surface area (Å²) in [4.78, 5) is 23.8. The second kappa shape index (κ2) is 5.41. The molecule has 0 spiro atoms. The zero-order chi connectivity index (χ0) is 14.0. The van der Waals surface area contributed by atoms with Gasteiger partial charge in [-0.2, -0.15) is 11.3 Å². The van der Waals surface area contributed by atoms with Crippen LogP contribution in [0.5, 0.6) is 0 Å². The van der Waals surface area contributed by atoms with Crippen LogP contribution in [-0.2, 0) is 0 Å². The predicted octanol–water partition coefficient (Wildman–Crippen LogP) is 3.77. The molecule has 0 saturated heterocycles. The van der Waals surface area contributed by atoms with Crippen LogP contribution in [0.3, 0.4) is 0 Å². The molecule has 7 heteroatoms. The molecule has 0 radical (unpaired) electrons. The van der Waals surface area contributed by atoms with Gasteiger partial charge in [-0.25, -0.2) is 9.59 Å². The van der Waals surface area contributed by atoms with Gasteiger partial charge in [-0.05, 0) is 30.9 Å². The van der Waals surface area contributed by atoms with Gasteiger partial charge in [0.1, 0.15) is 5.00 Å². The molecule has 0 aromatic carbocycles. The molecule has 0 unspecified atom stereocenters. The third-order valence-corrected chi connectivity index (χ3v) is 4.41. The summed E-state index contributed by atoms with van der Waals surface area (Å²) in [7, 11) is 0. The van der Waals surface area contributed by atoms with Crippen molar-refractivity contribution >= 4 is 45.4 Å². The molecule has 0 aliphatic heterocycles. The quantitative estimate of drug-likeness (QED) is 0.806. The molecule has 19 heavy (non-hydrogen) atoms. The summed E-state index contributed by atoms with van der Waals surface area (Å²) in [6, 6.07) is 1.33. The Labute approximate surface area is 117 Å². The smallest absolute Gasteiger partial charge is 0.338 e. The van der Waals surface area contributed by atoms with Crippen molar-refractivity contribution in [2.45, 2.75) is 13.8 Å². The van der Waals surface area contributed by atoms with E-state index in [9.17, 15) is 9.59 Å². The highest BCUT2D eigenvalue weighted by molar-refractivity contribution is 7.16. The van der Waals surface area contributed by atoms with Crippen LogP contribution in [-0.4, -0.2) is 17.1 Å². The maximum absolute atomic E-state index is 11.8. The highest BCUT2D eigenvalue weighted by atomic mass is 32.1. The van der Waals surface area contributed by atoms with E-state index in [4.69, 9.17) is 5.11 Å². The number of carbonyl (C=O) groups is 2. The van der Waals surface area contributed by atoms with Crippen LogP contribution in [0.25, 0.3) is 0 Å². The van der Waals surface area contributed by atoms with Gasteiger partial charge < -0.3 is 10.4 Å². The number of aromatic carboxylic acids is 1. The second-order valence-electron chi connectivity index (χ2n) is 3.88. The highest BCUT2D eigenvalue weighted by Crippen LogP contribution is 2.32. The van der Waals surface area contributed by atoms with Gasteiger partial charge in [0, 0.05) is 10.3 Å². The topological polar surface area (TPSA) is 78.4 Å². The van der Waals surface area contributed by atoms with E-state index in [0.717, 1.165) is 4.88 Å². The van der Waals surface area contributed by atoms with Crippen molar-refractivity contribution in [2.75, 3.05) is 10.6 Å². The summed E-state index contributed by atoms with van der Waals surface area (Å²) < 4.78 is 0. The molecule has 0 aliphatic carbocycles. The number of anilines is 2. The molecule has 2 aromatic rings. The van der Waals surface area contributed by atoms with Gasteiger partial charge in [0.15, 0.2) is 0 Å². The zero-order valence-corrected chi connectivity index (χ0v) is 11.9. The monoisotopic (exact) mass is 296 g/mol. The molecule has 2 heterocycles. The minimum Gasteiger partial charge on any atom is -0.478 e. The molecule has 0 atom stereocenters. The fourth-order valence-corrected chi connectivity index (χ4v) is 3.21. The Bertz CT molecular complexity index is 617. The summed E-state index contributed by atoms with van der Waals surface area (Å²) in [6.07, 6.45) is 0. The average Bonchev–Trinajstić information content (AvgIpc) is 2.88. The Morgan fingerprint density at radius 2 is 2.00 bits per heavy atom. The minimum absolute atomic E-state index is 0.156. The average molecular weight is 296 g/mol. The lowest BCUT2D eigenvalue weighted by Gasteiger charge is -2.05. The summed E-state index contributed by atoms with van der Waals surface area (Å²) in [5.74, 6) is -1.03. The van der Waals surface area contributed by atoms with Crippen LogP contribution in [0, 0.1) is 13.8 Å².